The molecular formula is C3H7N3O2. The van der Waals surface area contributed by atoms with Gasteiger partial charge in [0.25, 0.3) is 0 Å². The highest BCUT2D eigenvalue weighted by Crippen LogP contribution is 1.83. The first-order chi connectivity index (χ1) is 3.72. The van der Waals surface area contributed by atoms with E-state index in [1.54, 1.807) is 6.92 Å². The molecule has 2 N–H and O–H groups in total. The van der Waals surface area contributed by atoms with Crippen LogP contribution in [0.25, 0.3) is 0 Å². The molecule has 0 fully saturated rings. The molecule has 0 aliphatic carbocycles. The molecule has 0 atom stereocenters. The van der Waals surface area contributed by atoms with Crippen molar-refractivity contribution in [2.24, 2.45) is 11.0 Å². The Balaban J connectivity index is 3.69. The lowest BCUT2D eigenvalue weighted by Crippen LogP contribution is -2.30. The summed E-state index contributed by atoms with van der Waals surface area (Å²) in [4.78, 5) is 19.6. The maximum atomic E-state index is 10.0. The summed E-state index contributed by atoms with van der Waals surface area (Å²) in [6.45, 7) is 1.82. The quantitative estimate of drug-likeness (QED) is 0.410. The first kappa shape index (κ1) is 6.87. The average Bonchev–Trinajstić information content (AvgIpc) is 1.69. The molecule has 0 saturated heterocycles. The monoisotopic (exact) mass is 117 g/mol. The third-order valence-corrected chi connectivity index (χ3v) is 0.652. The lowest BCUT2D eigenvalue weighted by atomic mass is 10.7. The Bertz CT molecular complexity index is 103. The largest absolute Gasteiger partial charge is 0.350 e. The van der Waals surface area contributed by atoms with E-state index in [9.17, 15) is 9.70 Å². The second-order valence-electron chi connectivity index (χ2n) is 1.14. The molecule has 0 aliphatic heterocycles. The second kappa shape index (κ2) is 2.95. The van der Waals surface area contributed by atoms with E-state index in [0.717, 1.165) is 0 Å². The molecule has 46 valence electrons. The van der Waals surface area contributed by atoms with E-state index in [1.807, 2.05) is 0 Å². The lowest BCUT2D eigenvalue weighted by Gasteiger charge is -2.03. The van der Waals surface area contributed by atoms with Crippen molar-refractivity contribution in [3.8, 4) is 0 Å². The van der Waals surface area contributed by atoms with Crippen LogP contribution in [0, 0.1) is 4.91 Å². The predicted octanol–water partition coefficient (Wildman–Crippen LogP) is 0.0684. The minimum atomic E-state index is -0.817. The minimum absolute atomic E-state index is 0.221. The van der Waals surface area contributed by atoms with Crippen LogP contribution in [0.5, 0.6) is 0 Å². The summed E-state index contributed by atoms with van der Waals surface area (Å²) in [5.74, 6) is 0. The fraction of sp³-hybridized carbons (Fsp3) is 0.667. The van der Waals surface area contributed by atoms with Gasteiger partial charge in [-0.2, -0.15) is 5.01 Å². The number of urea groups is 1. The van der Waals surface area contributed by atoms with Gasteiger partial charge < -0.3 is 5.73 Å². The number of carbonyl (C=O) groups excluding carboxylic acids is 1. The first-order valence-electron chi connectivity index (χ1n) is 2.12. The molecule has 0 spiro atoms. The average molecular weight is 117 g/mol. The van der Waals surface area contributed by atoms with E-state index in [-0.39, 0.29) is 6.54 Å². The summed E-state index contributed by atoms with van der Waals surface area (Å²) >= 11 is 0. The fourth-order valence-electron chi connectivity index (χ4n) is 0.254. The van der Waals surface area contributed by atoms with E-state index >= 15 is 0 Å². The third kappa shape index (κ3) is 1.55. The second-order valence-corrected chi connectivity index (χ2v) is 1.14. The predicted molar refractivity (Wildman–Crippen MR) is 27.8 cm³/mol. The zero-order valence-electron chi connectivity index (χ0n) is 4.50. The number of primary amides is 1. The highest BCUT2D eigenvalue weighted by molar-refractivity contribution is 5.71. The Hall–Kier alpha value is -1.13. The third-order valence-electron chi connectivity index (χ3n) is 0.652. The van der Waals surface area contributed by atoms with E-state index < -0.39 is 6.03 Å². The fourth-order valence-corrected chi connectivity index (χ4v) is 0.254. The number of rotatable bonds is 2. The standard InChI is InChI=1S/C3H7N3O2/c1-2-6(5-8)3(4)7/h2H2,1H3,(H2,4,7). The van der Waals surface area contributed by atoms with Gasteiger partial charge in [0.2, 0.25) is 0 Å². The van der Waals surface area contributed by atoms with Crippen molar-refractivity contribution in [3.05, 3.63) is 4.91 Å². The molecule has 0 radical (unpaired) electrons. The zero-order valence-corrected chi connectivity index (χ0v) is 4.50. The SMILES string of the molecule is CCN(N=O)C(N)=O. The lowest BCUT2D eigenvalue weighted by molar-refractivity contribution is 0.212. The van der Waals surface area contributed by atoms with Gasteiger partial charge in [-0.3, -0.25) is 0 Å². The van der Waals surface area contributed by atoms with E-state index in [2.05, 4.69) is 11.0 Å². The Labute approximate surface area is 46.4 Å². The number of amides is 2. The minimum Gasteiger partial charge on any atom is -0.350 e. The number of nitroso groups, excluding NO2 is 1. The number of nitrogens with zero attached hydrogens (tertiary/aromatic N) is 2. The van der Waals surface area contributed by atoms with Gasteiger partial charge in [-0.15, -0.1) is 4.91 Å². The Kier molecular flexibility index (Phi) is 2.53. The van der Waals surface area contributed by atoms with Crippen molar-refractivity contribution in [3.63, 3.8) is 0 Å². The van der Waals surface area contributed by atoms with Crippen LogP contribution >= 0.6 is 0 Å². The van der Waals surface area contributed by atoms with Gasteiger partial charge in [-0.05, 0) is 6.92 Å². The summed E-state index contributed by atoms with van der Waals surface area (Å²) in [6, 6.07) is -0.817. The van der Waals surface area contributed by atoms with Crippen LogP contribution in [-0.4, -0.2) is 17.6 Å². The highest BCUT2D eigenvalue weighted by Gasteiger charge is 2.03. The normalized spacial score (nSPS) is 8.12. The van der Waals surface area contributed by atoms with Gasteiger partial charge in [-0.25, -0.2) is 4.79 Å². The summed E-state index contributed by atoms with van der Waals surface area (Å²) in [6.07, 6.45) is 0. The van der Waals surface area contributed by atoms with Gasteiger partial charge in [0, 0.05) is 6.54 Å². The van der Waals surface area contributed by atoms with Crippen molar-refractivity contribution in [2.75, 3.05) is 6.54 Å². The van der Waals surface area contributed by atoms with Gasteiger partial charge in [0.1, 0.15) is 0 Å². The first-order valence-corrected chi connectivity index (χ1v) is 2.12. The molecule has 0 aromatic rings. The van der Waals surface area contributed by atoms with Crippen molar-refractivity contribution < 1.29 is 4.79 Å². The number of hydrogen-bond acceptors (Lipinski definition) is 3. The molecule has 0 aromatic heterocycles. The molecule has 0 bridgehead atoms. The van der Waals surface area contributed by atoms with Crippen molar-refractivity contribution in [1.29, 1.82) is 0 Å². The number of hydrogen-bond donors (Lipinski definition) is 1. The molecule has 5 nitrogen and oxygen atoms in total. The molecule has 0 unspecified atom stereocenters. The number of nitrogens with two attached hydrogens (primary N) is 1. The summed E-state index contributed by atoms with van der Waals surface area (Å²) in [7, 11) is 0. The van der Waals surface area contributed by atoms with Crippen molar-refractivity contribution >= 4 is 6.03 Å². The Morgan fingerprint density at radius 3 is 2.38 bits per heavy atom. The summed E-state index contributed by atoms with van der Waals surface area (Å²) in [5.41, 5.74) is 4.65. The van der Waals surface area contributed by atoms with Crippen LogP contribution in [0.15, 0.2) is 5.29 Å². The maximum absolute atomic E-state index is 10.0. The zero-order chi connectivity index (χ0) is 6.57. The van der Waals surface area contributed by atoms with Crippen LogP contribution in [0.1, 0.15) is 6.92 Å². The highest BCUT2D eigenvalue weighted by atomic mass is 16.3. The molecule has 2 amide bonds. The van der Waals surface area contributed by atoms with Crippen LogP contribution in [0.4, 0.5) is 4.79 Å². The Morgan fingerprint density at radius 1 is 1.88 bits per heavy atom. The molecule has 8 heavy (non-hydrogen) atoms. The van der Waals surface area contributed by atoms with Gasteiger partial charge >= 0.3 is 6.03 Å². The van der Waals surface area contributed by atoms with Crippen molar-refractivity contribution in [1.82, 2.24) is 5.01 Å². The molecule has 0 aromatic carbocycles. The molecule has 0 aliphatic rings. The molecule has 5 heteroatoms. The smallest absolute Gasteiger partial charge is 0.337 e. The van der Waals surface area contributed by atoms with E-state index in [4.69, 9.17) is 0 Å². The summed E-state index contributed by atoms with van der Waals surface area (Å²) in [5, 5.41) is 2.94. The van der Waals surface area contributed by atoms with Gasteiger partial charge in [0.15, 0.2) is 0 Å². The molecule has 0 saturated carbocycles. The van der Waals surface area contributed by atoms with Gasteiger partial charge in [-0.1, -0.05) is 0 Å². The molecule has 0 heterocycles. The summed E-state index contributed by atoms with van der Waals surface area (Å²) < 4.78 is 0. The van der Waals surface area contributed by atoms with Gasteiger partial charge in [0.05, 0.1) is 5.29 Å². The van der Waals surface area contributed by atoms with E-state index in [1.165, 1.54) is 0 Å². The molecular weight excluding hydrogens is 110 g/mol. The van der Waals surface area contributed by atoms with Crippen LogP contribution < -0.4 is 5.73 Å². The maximum Gasteiger partial charge on any atom is 0.337 e. The van der Waals surface area contributed by atoms with Crippen LogP contribution in [0.2, 0.25) is 0 Å². The van der Waals surface area contributed by atoms with Crippen molar-refractivity contribution in [2.45, 2.75) is 6.92 Å². The Morgan fingerprint density at radius 2 is 2.38 bits per heavy atom. The van der Waals surface area contributed by atoms with Crippen LogP contribution in [-0.2, 0) is 0 Å². The van der Waals surface area contributed by atoms with E-state index in [0.29, 0.717) is 5.01 Å². The van der Waals surface area contributed by atoms with Crippen LogP contribution in [0.3, 0.4) is 0 Å². The number of carbonyl (C=O) groups is 1. The molecule has 0 rings (SSSR count). The topological polar surface area (TPSA) is 75.8 Å².